The fourth-order valence-electron chi connectivity index (χ4n) is 2.26. The number of halogens is 1. The molecule has 0 aliphatic rings. The van der Waals surface area contributed by atoms with Gasteiger partial charge in [0.15, 0.2) is 5.96 Å². The van der Waals surface area contributed by atoms with Gasteiger partial charge in [0, 0.05) is 34.8 Å². The lowest BCUT2D eigenvalue weighted by molar-refractivity contribution is 0.405. The minimum Gasteiger partial charge on any atom is -0.496 e. The number of aromatic nitrogens is 1. The predicted molar refractivity (Wildman–Crippen MR) is 128 cm³/mol. The first kappa shape index (κ1) is 24.0. The first-order valence-corrected chi connectivity index (χ1v) is 10.6. The smallest absolute Gasteiger partial charge is 0.191 e. The van der Waals surface area contributed by atoms with Crippen LogP contribution < -0.4 is 15.4 Å². The molecule has 0 aliphatic carbocycles. The lowest BCUT2D eigenvalue weighted by atomic mass is 10.2. The van der Waals surface area contributed by atoms with E-state index >= 15 is 0 Å². The molecule has 2 aromatic rings. The van der Waals surface area contributed by atoms with Crippen molar-refractivity contribution in [3.63, 3.8) is 0 Å². The van der Waals surface area contributed by atoms with Crippen molar-refractivity contribution >= 4 is 53.0 Å². The maximum absolute atomic E-state index is 5.41. The Labute approximate surface area is 187 Å². The lowest BCUT2D eigenvalue weighted by Crippen LogP contribution is -2.39. The SMILES string of the molecule is CCNC(=NCc1ncc(C)s1)NCC(C)CSc1ccccc1OC.I. The van der Waals surface area contributed by atoms with Crippen LogP contribution in [-0.4, -0.2) is 36.9 Å². The Hall–Kier alpha value is -1.000. The molecule has 0 fully saturated rings. The quantitative estimate of drug-likeness (QED) is 0.220. The average Bonchev–Trinajstić information content (AvgIpc) is 3.07. The fourth-order valence-corrected chi connectivity index (χ4v) is 4.02. The van der Waals surface area contributed by atoms with E-state index in [1.807, 2.05) is 36.2 Å². The summed E-state index contributed by atoms with van der Waals surface area (Å²) < 4.78 is 5.41. The van der Waals surface area contributed by atoms with E-state index in [1.165, 1.54) is 9.77 Å². The number of aliphatic imine (C=N–C) groups is 1. The van der Waals surface area contributed by atoms with E-state index in [0.717, 1.165) is 35.6 Å². The standard InChI is InChI=1S/C19H28N4OS2.HI/c1-5-20-19(23-12-18-21-11-15(3)26-18)22-10-14(2)13-25-17-9-7-6-8-16(17)24-4;/h6-9,11,14H,5,10,12-13H2,1-4H3,(H2,20,22,23);1H. The molecule has 27 heavy (non-hydrogen) atoms. The number of methoxy groups -OCH3 is 1. The van der Waals surface area contributed by atoms with Gasteiger partial charge >= 0.3 is 0 Å². The topological polar surface area (TPSA) is 58.5 Å². The molecule has 5 nitrogen and oxygen atoms in total. The molecular formula is C19H29IN4OS2. The lowest BCUT2D eigenvalue weighted by Gasteiger charge is -2.16. The van der Waals surface area contributed by atoms with Crippen molar-refractivity contribution in [1.82, 2.24) is 15.6 Å². The van der Waals surface area contributed by atoms with Gasteiger partial charge in [-0.15, -0.1) is 47.1 Å². The normalized spacial score (nSPS) is 12.2. The molecule has 1 heterocycles. The maximum atomic E-state index is 5.41. The number of rotatable bonds is 9. The van der Waals surface area contributed by atoms with Crippen LogP contribution >= 0.6 is 47.1 Å². The molecule has 0 spiro atoms. The number of ether oxygens (including phenoxy) is 1. The fraction of sp³-hybridized carbons (Fsp3) is 0.474. The van der Waals surface area contributed by atoms with Crippen molar-refractivity contribution in [2.75, 3.05) is 26.0 Å². The Kier molecular flexibility index (Phi) is 11.8. The highest BCUT2D eigenvalue weighted by atomic mass is 127. The minimum absolute atomic E-state index is 0. The number of benzene rings is 1. The Bertz CT molecular complexity index is 709. The van der Waals surface area contributed by atoms with E-state index in [9.17, 15) is 0 Å². The Morgan fingerprint density at radius 2 is 2.11 bits per heavy atom. The van der Waals surface area contributed by atoms with Crippen LogP contribution in [0.4, 0.5) is 0 Å². The second kappa shape index (κ2) is 13.2. The molecule has 0 aliphatic heterocycles. The van der Waals surface area contributed by atoms with Crippen LogP contribution in [0.5, 0.6) is 5.75 Å². The number of nitrogens with one attached hydrogen (secondary N) is 2. The second-order valence-corrected chi connectivity index (χ2v) is 8.39. The second-order valence-electron chi connectivity index (χ2n) is 6.01. The van der Waals surface area contributed by atoms with Crippen LogP contribution in [0.1, 0.15) is 23.7 Å². The number of aryl methyl sites for hydroxylation is 1. The first-order chi connectivity index (χ1) is 12.6. The Morgan fingerprint density at radius 1 is 1.33 bits per heavy atom. The zero-order valence-corrected chi connectivity index (χ0v) is 20.3. The van der Waals surface area contributed by atoms with Crippen molar-refractivity contribution in [1.29, 1.82) is 0 Å². The summed E-state index contributed by atoms with van der Waals surface area (Å²) in [6, 6.07) is 8.15. The minimum atomic E-state index is 0. The summed E-state index contributed by atoms with van der Waals surface area (Å²) in [5, 5.41) is 7.77. The molecule has 8 heteroatoms. The van der Waals surface area contributed by atoms with Gasteiger partial charge in [0.1, 0.15) is 10.8 Å². The van der Waals surface area contributed by atoms with E-state index in [-0.39, 0.29) is 24.0 Å². The van der Waals surface area contributed by atoms with Crippen LogP contribution in [-0.2, 0) is 6.54 Å². The van der Waals surface area contributed by atoms with Gasteiger partial charge in [-0.1, -0.05) is 19.1 Å². The summed E-state index contributed by atoms with van der Waals surface area (Å²) in [5.74, 6) is 3.29. The molecular weight excluding hydrogens is 491 g/mol. The monoisotopic (exact) mass is 520 g/mol. The number of guanidine groups is 1. The highest BCUT2D eigenvalue weighted by Gasteiger charge is 2.08. The molecule has 1 aromatic carbocycles. The van der Waals surface area contributed by atoms with Crippen LogP contribution in [0.3, 0.4) is 0 Å². The molecule has 0 amide bonds. The number of nitrogens with zero attached hydrogens (tertiary/aromatic N) is 2. The van der Waals surface area contributed by atoms with E-state index in [4.69, 9.17) is 4.74 Å². The van der Waals surface area contributed by atoms with Gasteiger partial charge in [-0.25, -0.2) is 9.98 Å². The zero-order valence-electron chi connectivity index (χ0n) is 16.3. The van der Waals surface area contributed by atoms with E-state index < -0.39 is 0 Å². The molecule has 1 unspecified atom stereocenters. The van der Waals surface area contributed by atoms with Gasteiger partial charge < -0.3 is 15.4 Å². The van der Waals surface area contributed by atoms with Crippen LogP contribution in [0.25, 0.3) is 0 Å². The van der Waals surface area contributed by atoms with E-state index in [2.05, 4.69) is 47.4 Å². The number of para-hydroxylation sites is 1. The van der Waals surface area contributed by atoms with Gasteiger partial charge in [-0.3, -0.25) is 0 Å². The largest absolute Gasteiger partial charge is 0.496 e. The molecule has 0 saturated heterocycles. The molecule has 2 rings (SSSR count). The van der Waals surface area contributed by atoms with Gasteiger partial charge in [0.05, 0.1) is 13.7 Å². The first-order valence-electron chi connectivity index (χ1n) is 8.81. The van der Waals surface area contributed by atoms with Gasteiger partial charge in [0.2, 0.25) is 0 Å². The maximum Gasteiger partial charge on any atom is 0.191 e. The van der Waals surface area contributed by atoms with Crippen LogP contribution in [0, 0.1) is 12.8 Å². The van der Waals surface area contributed by atoms with Gasteiger partial charge in [-0.05, 0) is 31.9 Å². The molecule has 2 N–H and O–H groups in total. The highest BCUT2D eigenvalue weighted by Crippen LogP contribution is 2.29. The van der Waals surface area contributed by atoms with Crippen molar-refractivity contribution in [3.05, 3.63) is 40.3 Å². The van der Waals surface area contributed by atoms with Crippen LogP contribution in [0.15, 0.2) is 40.4 Å². The number of thioether (sulfide) groups is 1. The average molecular weight is 521 g/mol. The van der Waals surface area contributed by atoms with Crippen molar-refractivity contribution in [2.24, 2.45) is 10.9 Å². The van der Waals surface area contributed by atoms with E-state index in [0.29, 0.717) is 12.5 Å². The van der Waals surface area contributed by atoms with E-state index in [1.54, 1.807) is 18.4 Å². The summed E-state index contributed by atoms with van der Waals surface area (Å²) in [6.07, 6.45) is 1.90. The highest BCUT2D eigenvalue weighted by molar-refractivity contribution is 14.0. The van der Waals surface area contributed by atoms with Gasteiger partial charge in [0.25, 0.3) is 0 Å². The molecule has 0 radical (unpaired) electrons. The van der Waals surface area contributed by atoms with Crippen LogP contribution in [0.2, 0.25) is 0 Å². The molecule has 1 atom stereocenters. The molecule has 150 valence electrons. The third kappa shape index (κ3) is 8.69. The predicted octanol–water partition coefficient (Wildman–Crippen LogP) is 4.56. The zero-order chi connectivity index (χ0) is 18.8. The van der Waals surface area contributed by atoms with Gasteiger partial charge in [-0.2, -0.15) is 0 Å². The molecule has 0 saturated carbocycles. The number of hydrogen-bond donors (Lipinski definition) is 2. The molecule has 0 bridgehead atoms. The summed E-state index contributed by atoms with van der Waals surface area (Å²) in [4.78, 5) is 11.4. The Morgan fingerprint density at radius 3 is 2.78 bits per heavy atom. The third-order valence-corrected chi connectivity index (χ3v) is 5.88. The number of hydrogen-bond acceptors (Lipinski definition) is 5. The van der Waals surface area contributed by atoms with Crippen molar-refractivity contribution < 1.29 is 4.74 Å². The summed E-state index contributed by atoms with van der Waals surface area (Å²) >= 11 is 3.52. The van der Waals surface area contributed by atoms with Crippen molar-refractivity contribution in [3.8, 4) is 5.75 Å². The molecule has 1 aromatic heterocycles. The van der Waals surface area contributed by atoms with Crippen molar-refractivity contribution in [2.45, 2.75) is 32.2 Å². The number of thiazole rings is 1. The summed E-state index contributed by atoms with van der Waals surface area (Å²) in [7, 11) is 1.72. The summed E-state index contributed by atoms with van der Waals surface area (Å²) in [5.41, 5.74) is 0. The Balaban J connectivity index is 0.00000364. The third-order valence-electron chi connectivity index (χ3n) is 3.60. The summed E-state index contributed by atoms with van der Waals surface area (Å²) in [6.45, 7) is 8.69.